The highest BCUT2D eigenvalue weighted by molar-refractivity contribution is 5.93. The lowest BCUT2D eigenvalue weighted by Gasteiger charge is -2.25. The van der Waals surface area contributed by atoms with Gasteiger partial charge in [0.15, 0.2) is 0 Å². The first-order valence-corrected chi connectivity index (χ1v) is 7.38. The third-order valence-corrected chi connectivity index (χ3v) is 3.22. The molecular weight excluding hydrogens is 276 g/mol. The van der Waals surface area contributed by atoms with Gasteiger partial charge in [0, 0.05) is 6.07 Å². The first kappa shape index (κ1) is 17.8. The van der Waals surface area contributed by atoms with Crippen LogP contribution in [0, 0.1) is 0 Å². The highest BCUT2D eigenvalue weighted by Crippen LogP contribution is 2.25. The van der Waals surface area contributed by atoms with Crippen LogP contribution in [0.2, 0.25) is 0 Å². The van der Waals surface area contributed by atoms with Crippen LogP contribution in [0.5, 0.6) is 11.5 Å². The van der Waals surface area contributed by atoms with Gasteiger partial charge in [0.2, 0.25) is 0 Å². The highest BCUT2D eigenvalue weighted by Gasteiger charge is 2.17. The van der Waals surface area contributed by atoms with Crippen molar-refractivity contribution in [1.82, 2.24) is 0 Å². The molecule has 1 rings (SSSR count). The lowest BCUT2D eigenvalue weighted by atomic mass is 10.1. The van der Waals surface area contributed by atoms with Crippen molar-refractivity contribution in [2.24, 2.45) is 0 Å². The van der Waals surface area contributed by atoms with E-state index in [1.165, 1.54) is 0 Å². The predicted octanol–water partition coefficient (Wildman–Crippen LogP) is 4.85. The van der Waals surface area contributed by atoms with E-state index in [0.29, 0.717) is 17.1 Å². The SMILES string of the molecule is C=C/C=C\C(=C/C)C(=O)Oc1cccc(OC(C)(C)CC)c1. The molecule has 0 amide bonds. The smallest absolute Gasteiger partial charge is 0.343 e. The zero-order valence-electron chi connectivity index (χ0n) is 13.8. The molecule has 0 radical (unpaired) electrons. The Hall–Kier alpha value is -2.29. The second-order valence-electron chi connectivity index (χ2n) is 5.42. The molecule has 0 bridgehead atoms. The number of esters is 1. The van der Waals surface area contributed by atoms with Crippen LogP contribution >= 0.6 is 0 Å². The van der Waals surface area contributed by atoms with Crippen molar-refractivity contribution in [1.29, 1.82) is 0 Å². The quantitative estimate of drug-likeness (QED) is 0.312. The molecule has 118 valence electrons. The van der Waals surface area contributed by atoms with Crippen molar-refractivity contribution in [3.05, 3.63) is 60.7 Å². The van der Waals surface area contributed by atoms with Crippen molar-refractivity contribution < 1.29 is 14.3 Å². The molecule has 0 aromatic heterocycles. The summed E-state index contributed by atoms with van der Waals surface area (Å²) >= 11 is 0. The van der Waals surface area contributed by atoms with Gasteiger partial charge in [-0.25, -0.2) is 4.79 Å². The van der Waals surface area contributed by atoms with Gasteiger partial charge in [0.25, 0.3) is 0 Å². The van der Waals surface area contributed by atoms with Crippen molar-refractivity contribution in [3.8, 4) is 11.5 Å². The van der Waals surface area contributed by atoms with Gasteiger partial charge in [0.05, 0.1) is 5.57 Å². The zero-order chi connectivity index (χ0) is 16.6. The second-order valence-corrected chi connectivity index (χ2v) is 5.42. The van der Waals surface area contributed by atoms with Crippen molar-refractivity contribution >= 4 is 5.97 Å². The molecule has 1 aromatic carbocycles. The third kappa shape index (κ3) is 5.60. The molecular formula is C19H24O3. The Morgan fingerprint density at radius 3 is 2.59 bits per heavy atom. The van der Waals surface area contributed by atoms with Crippen LogP contribution in [-0.4, -0.2) is 11.6 Å². The molecule has 0 aliphatic carbocycles. The van der Waals surface area contributed by atoms with Crippen LogP contribution in [0.15, 0.2) is 60.7 Å². The second kappa shape index (κ2) is 8.23. The molecule has 22 heavy (non-hydrogen) atoms. The summed E-state index contributed by atoms with van der Waals surface area (Å²) in [5.74, 6) is 0.731. The van der Waals surface area contributed by atoms with Crippen LogP contribution in [0.25, 0.3) is 0 Å². The van der Waals surface area contributed by atoms with E-state index in [2.05, 4.69) is 13.5 Å². The number of carbonyl (C=O) groups excluding carboxylic acids is 1. The summed E-state index contributed by atoms with van der Waals surface area (Å²) in [6.45, 7) is 11.5. The van der Waals surface area contributed by atoms with Crippen LogP contribution in [0.1, 0.15) is 34.1 Å². The zero-order valence-corrected chi connectivity index (χ0v) is 13.8. The minimum atomic E-state index is -0.410. The van der Waals surface area contributed by atoms with E-state index < -0.39 is 5.97 Å². The number of hydrogen-bond donors (Lipinski definition) is 0. The predicted molar refractivity (Wildman–Crippen MR) is 90.2 cm³/mol. The fourth-order valence-corrected chi connectivity index (χ4v) is 1.61. The van der Waals surface area contributed by atoms with E-state index in [9.17, 15) is 4.79 Å². The van der Waals surface area contributed by atoms with Gasteiger partial charge >= 0.3 is 5.97 Å². The summed E-state index contributed by atoms with van der Waals surface area (Å²) in [6, 6.07) is 7.11. The molecule has 1 aromatic rings. The number of carbonyl (C=O) groups is 1. The first-order chi connectivity index (χ1) is 10.4. The molecule has 0 atom stereocenters. The molecule has 0 saturated carbocycles. The Morgan fingerprint density at radius 2 is 2.00 bits per heavy atom. The molecule has 3 nitrogen and oxygen atoms in total. The molecule has 3 heteroatoms. The summed E-state index contributed by atoms with van der Waals surface area (Å²) in [5, 5.41) is 0. The fourth-order valence-electron chi connectivity index (χ4n) is 1.61. The minimum Gasteiger partial charge on any atom is -0.488 e. The Labute approximate surface area is 132 Å². The standard InChI is InChI=1S/C19H24O3/c1-6-9-11-15(7-2)18(20)21-16-12-10-13-17(14-16)22-19(4,5)8-3/h6-7,9-14H,1,8H2,2-5H3/b11-9-,15-7+. The Morgan fingerprint density at radius 1 is 1.32 bits per heavy atom. The monoisotopic (exact) mass is 300 g/mol. The van der Waals surface area contributed by atoms with Gasteiger partial charge in [-0.3, -0.25) is 0 Å². The van der Waals surface area contributed by atoms with Gasteiger partial charge < -0.3 is 9.47 Å². The maximum Gasteiger partial charge on any atom is 0.343 e. The normalized spacial score (nSPS) is 12.3. The summed E-state index contributed by atoms with van der Waals surface area (Å²) < 4.78 is 11.3. The van der Waals surface area contributed by atoms with Crippen LogP contribution in [0.3, 0.4) is 0 Å². The number of allylic oxidation sites excluding steroid dienone is 3. The summed E-state index contributed by atoms with van der Waals surface area (Å²) in [4.78, 5) is 12.1. The van der Waals surface area contributed by atoms with Gasteiger partial charge in [0.1, 0.15) is 17.1 Å². The van der Waals surface area contributed by atoms with Gasteiger partial charge in [-0.05, 0) is 45.4 Å². The molecule has 0 spiro atoms. The maximum absolute atomic E-state index is 12.1. The van der Waals surface area contributed by atoms with E-state index in [4.69, 9.17) is 9.47 Å². The average Bonchev–Trinajstić information content (AvgIpc) is 2.48. The third-order valence-electron chi connectivity index (χ3n) is 3.22. The Balaban J connectivity index is 2.84. The summed E-state index contributed by atoms with van der Waals surface area (Å²) in [7, 11) is 0. The van der Waals surface area contributed by atoms with Crippen LogP contribution in [-0.2, 0) is 4.79 Å². The van der Waals surface area contributed by atoms with Crippen LogP contribution in [0.4, 0.5) is 0 Å². The summed E-state index contributed by atoms with van der Waals surface area (Å²) in [5.41, 5.74) is 0.212. The van der Waals surface area contributed by atoms with Crippen molar-refractivity contribution in [2.75, 3.05) is 0 Å². The van der Waals surface area contributed by atoms with Gasteiger partial charge in [-0.1, -0.05) is 37.8 Å². The van der Waals surface area contributed by atoms with Crippen molar-refractivity contribution in [2.45, 2.75) is 39.7 Å². The number of benzene rings is 1. The highest BCUT2D eigenvalue weighted by atomic mass is 16.5. The Kier molecular flexibility index (Phi) is 6.64. The number of ether oxygens (including phenoxy) is 2. The van der Waals surface area contributed by atoms with E-state index in [0.717, 1.165) is 6.42 Å². The molecule has 0 heterocycles. The van der Waals surface area contributed by atoms with Crippen LogP contribution < -0.4 is 9.47 Å². The minimum absolute atomic E-state index is 0.260. The summed E-state index contributed by atoms with van der Waals surface area (Å²) in [6.07, 6.45) is 7.54. The van der Waals surface area contributed by atoms with Crippen molar-refractivity contribution in [3.63, 3.8) is 0 Å². The molecule has 0 aliphatic heterocycles. The largest absolute Gasteiger partial charge is 0.488 e. The first-order valence-electron chi connectivity index (χ1n) is 7.38. The lowest BCUT2D eigenvalue weighted by molar-refractivity contribution is -0.129. The molecule has 0 aliphatic rings. The fraction of sp³-hybridized carbons (Fsp3) is 0.316. The Bertz CT molecular complexity index is 580. The molecule has 0 unspecified atom stereocenters. The number of hydrogen-bond acceptors (Lipinski definition) is 3. The van der Waals surface area contributed by atoms with E-state index >= 15 is 0 Å². The van der Waals surface area contributed by atoms with Gasteiger partial charge in [-0.15, -0.1) is 0 Å². The van der Waals surface area contributed by atoms with Gasteiger partial charge in [-0.2, -0.15) is 0 Å². The topological polar surface area (TPSA) is 35.5 Å². The molecule has 0 saturated heterocycles. The number of rotatable bonds is 7. The maximum atomic E-state index is 12.1. The van der Waals surface area contributed by atoms with E-state index in [1.807, 2.05) is 19.9 Å². The van der Waals surface area contributed by atoms with E-state index in [-0.39, 0.29) is 5.60 Å². The average molecular weight is 300 g/mol. The molecule has 0 N–H and O–H groups in total. The lowest BCUT2D eigenvalue weighted by Crippen LogP contribution is -2.26. The molecule has 0 fully saturated rings. The van der Waals surface area contributed by atoms with E-state index in [1.54, 1.807) is 49.4 Å².